The molecule has 0 aromatic carbocycles. The minimum Gasteiger partial charge on any atom is -0.481 e. The minimum absolute atomic E-state index is 0.143. The van der Waals surface area contributed by atoms with Gasteiger partial charge in [0.05, 0.1) is 16.5 Å². The van der Waals surface area contributed by atoms with E-state index in [1.165, 1.54) is 4.88 Å². The molecule has 1 saturated carbocycles. The first-order valence-corrected chi connectivity index (χ1v) is 11.6. The number of carbonyl (C=O) groups is 1. The lowest BCUT2D eigenvalue weighted by Crippen LogP contribution is -2.28. The zero-order valence-corrected chi connectivity index (χ0v) is 18.5. The van der Waals surface area contributed by atoms with Crippen molar-refractivity contribution in [3.05, 3.63) is 59.1 Å². The monoisotopic (exact) mass is 436 g/mol. The number of hydrogen-bond donors (Lipinski definition) is 3. The van der Waals surface area contributed by atoms with Gasteiger partial charge in [0.25, 0.3) is 0 Å². The van der Waals surface area contributed by atoms with E-state index in [1.54, 1.807) is 17.5 Å². The Morgan fingerprint density at radius 1 is 1.13 bits per heavy atom. The molecule has 0 unspecified atom stereocenters. The fraction of sp³-hybridized carbons (Fsp3) is 0.375. The second-order valence-corrected chi connectivity index (χ2v) is 9.37. The van der Waals surface area contributed by atoms with Gasteiger partial charge in [0.1, 0.15) is 11.6 Å². The Bertz CT molecular complexity index is 1030. The standard InChI is InChI=1S/C24H28N4O2S/c1-16-11-12-26-23(13-16)28-22-4-2-3-20(27-22)21-10-9-19(31-21)15-25-14-17-5-7-18(8-6-17)24(29)30/h2-4,9-13,17-18,25H,5-8,14-15H2,1H3,(H,29,30)(H,26,27,28). The van der Waals surface area contributed by atoms with Crippen molar-refractivity contribution in [2.24, 2.45) is 11.8 Å². The minimum atomic E-state index is -0.638. The molecule has 0 bridgehead atoms. The summed E-state index contributed by atoms with van der Waals surface area (Å²) in [5.41, 5.74) is 2.10. The van der Waals surface area contributed by atoms with E-state index < -0.39 is 5.97 Å². The maximum absolute atomic E-state index is 11.1. The summed E-state index contributed by atoms with van der Waals surface area (Å²) >= 11 is 1.75. The highest BCUT2D eigenvalue weighted by Crippen LogP contribution is 2.30. The Labute approximate surface area is 186 Å². The number of anilines is 2. The zero-order chi connectivity index (χ0) is 21.6. The normalized spacial score (nSPS) is 18.6. The number of carboxylic acid groups (broad SMARTS) is 1. The van der Waals surface area contributed by atoms with Crippen molar-refractivity contribution in [3.8, 4) is 10.6 Å². The molecule has 6 nitrogen and oxygen atoms in total. The number of aliphatic carboxylic acids is 1. The fourth-order valence-corrected chi connectivity index (χ4v) is 4.95. The molecule has 0 radical (unpaired) electrons. The average molecular weight is 437 g/mol. The second kappa shape index (κ2) is 10.0. The lowest BCUT2D eigenvalue weighted by Gasteiger charge is -2.26. The SMILES string of the molecule is Cc1ccnc(Nc2cccc(-c3ccc(CNCC4CCC(C(=O)O)CC4)s3)n2)c1. The Kier molecular flexibility index (Phi) is 6.94. The van der Waals surface area contributed by atoms with Crippen LogP contribution in [0.4, 0.5) is 11.6 Å². The molecule has 7 heteroatoms. The van der Waals surface area contributed by atoms with Crippen molar-refractivity contribution < 1.29 is 9.90 Å². The van der Waals surface area contributed by atoms with Gasteiger partial charge in [0.15, 0.2) is 0 Å². The molecule has 0 saturated heterocycles. The van der Waals surface area contributed by atoms with Crippen molar-refractivity contribution in [1.82, 2.24) is 15.3 Å². The van der Waals surface area contributed by atoms with Gasteiger partial charge in [-0.3, -0.25) is 4.79 Å². The van der Waals surface area contributed by atoms with Gasteiger partial charge >= 0.3 is 5.97 Å². The maximum Gasteiger partial charge on any atom is 0.306 e. The first-order chi connectivity index (χ1) is 15.1. The van der Waals surface area contributed by atoms with Crippen LogP contribution in [0, 0.1) is 18.8 Å². The predicted molar refractivity (Wildman–Crippen MR) is 125 cm³/mol. The second-order valence-electron chi connectivity index (χ2n) is 8.20. The van der Waals surface area contributed by atoms with Crippen LogP contribution in [-0.4, -0.2) is 27.6 Å². The van der Waals surface area contributed by atoms with Gasteiger partial charge in [-0.05, 0) is 87.0 Å². The van der Waals surface area contributed by atoms with Crippen molar-refractivity contribution in [2.75, 3.05) is 11.9 Å². The molecule has 0 atom stereocenters. The van der Waals surface area contributed by atoms with Gasteiger partial charge < -0.3 is 15.7 Å². The third-order valence-corrected chi connectivity index (χ3v) is 6.87. The summed E-state index contributed by atoms with van der Waals surface area (Å²) in [4.78, 5) is 22.6. The number of rotatable bonds is 8. The van der Waals surface area contributed by atoms with Gasteiger partial charge in [-0.15, -0.1) is 11.3 Å². The Morgan fingerprint density at radius 2 is 1.97 bits per heavy atom. The van der Waals surface area contributed by atoms with Crippen LogP contribution < -0.4 is 10.6 Å². The van der Waals surface area contributed by atoms with E-state index in [2.05, 4.69) is 27.8 Å². The van der Waals surface area contributed by atoms with E-state index in [-0.39, 0.29) is 5.92 Å². The summed E-state index contributed by atoms with van der Waals surface area (Å²) in [6.07, 6.45) is 5.40. The van der Waals surface area contributed by atoms with E-state index in [9.17, 15) is 4.79 Å². The number of nitrogens with one attached hydrogen (secondary N) is 2. The molecule has 1 fully saturated rings. The number of aryl methyl sites for hydroxylation is 1. The smallest absolute Gasteiger partial charge is 0.306 e. The van der Waals surface area contributed by atoms with Gasteiger partial charge in [-0.1, -0.05) is 6.07 Å². The van der Waals surface area contributed by atoms with Crippen LogP contribution in [0.15, 0.2) is 48.7 Å². The van der Waals surface area contributed by atoms with E-state index in [0.717, 1.165) is 66.5 Å². The largest absolute Gasteiger partial charge is 0.481 e. The topological polar surface area (TPSA) is 87.1 Å². The van der Waals surface area contributed by atoms with Gasteiger partial charge in [0, 0.05) is 17.6 Å². The molecule has 0 amide bonds. The molecule has 162 valence electrons. The van der Waals surface area contributed by atoms with Crippen LogP contribution in [0.3, 0.4) is 0 Å². The van der Waals surface area contributed by atoms with E-state index >= 15 is 0 Å². The highest BCUT2D eigenvalue weighted by molar-refractivity contribution is 7.15. The number of aromatic nitrogens is 2. The first kappa shape index (κ1) is 21.5. The van der Waals surface area contributed by atoms with Crippen molar-refractivity contribution in [2.45, 2.75) is 39.2 Å². The van der Waals surface area contributed by atoms with Gasteiger partial charge in [-0.2, -0.15) is 0 Å². The first-order valence-electron chi connectivity index (χ1n) is 10.8. The fourth-order valence-electron chi connectivity index (χ4n) is 4.00. The summed E-state index contributed by atoms with van der Waals surface area (Å²) < 4.78 is 0. The van der Waals surface area contributed by atoms with Crippen LogP contribution in [-0.2, 0) is 11.3 Å². The van der Waals surface area contributed by atoms with Crippen molar-refractivity contribution in [1.29, 1.82) is 0 Å². The van der Waals surface area contributed by atoms with Crippen LogP contribution in [0.25, 0.3) is 10.6 Å². The van der Waals surface area contributed by atoms with Crippen LogP contribution in [0.5, 0.6) is 0 Å². The predicted octanol–water partition coefficient (Wildman–Crippen LogP) is 5.24. The highest BCUT2D eigenvalue weighted by atomic mass is 32.1. The molecule has 1 aliphatic carbocycles. The Morgan fingerprint density at radius 3 is 2.74 bits per heavy atom. The average Bonchev–Trinajstić information content (AvgIpc) is 3.23. The lowest BCUT2D eigenvalue weighted by atomic mass is 9.82. The van der Waals surface area contributed by atoms with Crippen molar-refractivity contribution >= 4 is 28.9 Å². The number of pyridine rings is 2. The Balaban J connectivity index is 1.30. The van der Waals surface area contributed by atoms with E-state index in [1.807, 2.05) is 37.3 Å². The molecule has 1 aliphatic rings. The summed E-state index contributed by atoms with van der Waals surface area (Å²) in [6.45, 7) is 3.81. The van der Waals surface area contributed by atoms with Crippen LogP contribution in [0.1, 0.15) is 36.1 Å². The molecule has 31 heavy (non-hydrogen) atoms. The molecule has 3 heterocycles. The Hall–Kier alpha value is -2.77. The third-order valence-electron chi connectivity index (χ3n) is 5.76. The third kappa shape index (κ3) is 5.89. The van der Waals surface area contributed by atoms with Crippen molar-refractivity contribution in [3.63, 3.8) is 0 Å². The molecule has 0 spiro atoms. The summed E-state index contributed by atoms with van der Waals surface area (Å²) in [5.74, 6) is 1.37. The maximum atomic E-state index is 11.1. The lowest BCUT2D eigenvalue weighted by molar-refractivity contribution is -0.143. The quantitative estimate of drug-likeness (QED) is 0.448. The molecule has 0 aliphatic heterocycles. The number of thiophene rings is 1. The van der Waals surface area contributed by atoms with Gasteiger partial charge in [-0.25, -0.2) is 9.97 Å². The number of nitrogens with zero attached hydrogens (tertiary/aromatic N) is 2. The van der Waals surface area contributed by atoms with Crippen LogP contribution in [0.2, 0.25) is 0 Å². The molecular weight excluding hydrogens is 408 g/mol. The zero-order valence-electron chi connectivity index (χ0n) is 17.7. The molecule has 3 aromatic heterocycles. The van der Waals surface area contributed by atoms with E-state index in [0.29, 0.717) is 5.92 Å². The van der Waals surface area contributed by atoms with Gasteiger partial charge in [0.2, 0.25) is 0 Å². The molecular formula is C24H28N4O2S. The number of carboxylic acids is 1. The molecule has 3 N–H and O–H groups in total. The summed E-state index contributed by atoms with van der Waals surface area (Å²) in [7, 11) is 0. The highest BCUT2D eigenvalue weighted by Gasteiger charge is 2.25. The molecule has 3 aromatic rings. The number of hydrogen-bond acceptors (Lipinski definition) is 6. The van der Waals surface area contributed by atoms with E-state index in [4.69, 9.17) is 10.1 Å². The summed E-state index contributed by atoms with van der Waals surface area (Å²) in [6, 6.07) is 14.2. The molecule has 4 rings (SSSR count). The summed E-state index contributed by atoms with van der Waals surface area (Å²) in [5, 5.41) is 15.9. The van der Waals surface area contributed by atoms with Crippen LogP contribution >= 0.6 is 11.3 Å².